The van der Waals surface area contributed by atoms with Gasteiger partial charge < -0.3 is 4.98 Å². The Morgan fingerprint density at radius 1 is 1.00 bits per heavy atom. The van der Waals surface area contributed by atoms with E-state index in [1.54, 1.807) is 6.20 Å². The second-order valence-corrected chi connectivity index (χ2v) is 3.56. The maximum atomic E-state index is 4.23. The third-order valence-electron chi connectivity index (χ3n) is 2.54. The van der Waals surface area contributed by atoms with Gasteiger partial charge in [-0.3, -0.25) is 0 Å². The molecule has 0 aliphatic rings. The average Bonchev–Trinajstić information content (AvgIpc) is 3.01. The third-order valence-corrected chi connectivity index (χ3v) is 2.54. The topological polar surface area (TPSA) is 33.6 Å². The Hall–Kier alpha value is -2.29. The van der Waals surface area contributed by atoms with Gasteiger partial charge in [-0.15, -0.1) is 0 Å². The van der Waals surface area contributed by atoms with E-state index in [2.05, 4.69) is 28.3 Å². The van der Waals surface area contributed by atoms with E-state index < -0.39 is 0 Å². The van der Waals surface area contributed by atoms with E-state index in [9.17, 15) is 0 Å². The Morgan fingerprint density at radius 2 is 1.88 bits per heavy atom. The molecule has 78 valence electrons. The molecule has 2 aromatic heterocycles. The van der Waals surface area contributed by atoms with Gasteiger partial charge in [-0.1, -0.05) is 30.3 Å². The van der Waals surface area contributed by atoms with Crippen molar-refractivity contribution in [1.29, 1.82) is 0 Å². The smallest absolute Gasteiger partial charge is 0.139 e. The van der Waals surface area contributed by atoms with Gasteiger partial charge >= 0.3 is 0 Å². The predicted molar refractivity (Wildman–Crippen MR) is 63.4 cm³/mol. The van der Waals surface area contributed by atoms with Crippen LogP contribution in [0.2, 0.25) is 0 Å². The molecule has 0 amide bonds. The predicted octanol–water partition coefficient (Wildman–Crippen LogP) is 2.87. The third kappa shape index (κ3) is 1.42. The summed E-state index contributed by atoms with van der Waals surface area (Å²) in [5, 5.41) is 4.23. The van der Waals surface area contributed by atoms with Crippen molar-refractivity contribution >= 4 is 0 Å². The highest BCUT2D eigenvalue weighted by molar-refractivity contribution is 5.70. The van der Waals surface area contributed by atoms with Crippen molar-refractivity contribution in [2.45, 2.75) is 0 Å². The van der Waals surface area contributed by atoms with Crippen molar-refractivity contribution in [1.82, 2.24) is 14.8 Å². The molecule has 1 N–H and O–H groups in total. The van der Waals surface area contributed by atoms with Crippen LogP contribution >= 0.6 is 0 Å². The molecule has 0 bridgehead atoms. The number of rotatable bonds is 2. The molecular formula is C13H11N3. The zero-order chi connectivity index (χ0) is 10.8. The van der Waals surface area contributed by atoms with E-state index in [0.29, 0.717) is 0 Å². The van der Waals surface area contributed by atoms with Gasteiger partial charge in [-0.25, -0.2) is 4.68 Å². The minimum atomic E-state index is 0.996. The van der Waals surface area contributed by atoms with Gasteiger partial charge in [0.05, 0.1) is 0 Å². The van der Waals surface area contributed by atoms with Crippen molar-refractivity contribution in [2.24, 2.45) is 0 Å². The summed E-state index contributed by atoms with van der Waals surface area (Å²) in [6.45, 7) is 0. The quantitative estimate of drug-likeness (QED) is 0.691. The van der Waals surface area contributed by atoms with Crippen LogP contribution in [-0.4, -0.2) is 14.8 Å². The molecule has 16 heavy (non-hydrogen) atoms. The van der Waals surface area contributed by atoms with Crippen LogP contribution in [0.5, 0.6) is 0 Å². The molecule has 0 saturated heterocycles. The van der Waals surface area contributed by atoms with Gasteiger partial charge in [-0.2, -0.15) is 5.10 Å². The van der Waals surface area contributed by atoms with E-state index in [-0.39, 0.29) is 0 Å². The number of H-pyrrole nitrogens is 1. The van der Waals surface area contributed by atoms with Crippen molar-refractivity contribution in [3.05, 3.63) is 61.1 Å². The van der Waals surface area contributed by atoms with Crippen LogP contribution in [0.25, 0.3) is 16.9 Å². The largest absolute Gasteiger partial charge is 0.346 e. The second kappa shape index (κ2) is 3.70. The highest BCUT2D eigenvalue weighted by atomic mass is 15.3. The number of hydrogen-bond donors (Lipinski definition) is 1. The van der Waals surface area contributed by atoms with E-state index in [1.165, 1.54) is 5.56 Å². The van der Waals surface area contributed by atoms with Crippen LogP contribution in [0, 0.1) is 0 Å². The summed E-state index contributed by atoms with van der Waals surface area (Å²) >= 11 is 0. The monoisotopic (exact) mass is 209 g/mol. The minimum absolute atomic E-state index is 0.996. The van der Waals surface area contributed by atoms with E-state index >= 15 is 0 Å². The summed E-state index contributed by atoms with van der Waals surface area (Å²) in [6, 6.07) is 14.3. The number of nitrogens with zero attached hydrogens (tertiary/aromatic N) is 2. The average molecular weight is 209 g/mol. The molecule has 3 rings (SSSR count). The molecule has 0 fully saturated rings. The molecule has 3 aromatic rings. The molecule has 1 aromatic carbocycles. The fourth-order valence-electron chi connectivity index (χ4n) is 1.80. The first-order valence-corrected chi connectivity index (χ1v) is 5.18. The standard InChI is InChI=1S/C13H11N3/c1-2-5-11(6-3-1)12-7-9-14-13(12)16-10-4-8-15-16/h1-10,14H. The first-order valence-electron chi connectivity index (χ1n) is 5.18. The van der Waals surface area contributed by atoms with Crippen LogP contribution in [0.1, 0.15) is 0 Å². The van der Waals surface area contributed by atoms with Crippen LogP contribution in [-0.2, 0) is 0 Å². The molecule has 2 heterocycles. The van der Waals surface area contributed by atoms with Gasteiger partial charge in [0.25, 0.3) is 0 Å². The summed E-state index contributed by atoms with van der Waals surface area (Å²) < 4.78 is 1.84. The zero-order valence-electron chi connectivity index (χ0n) is 8.67. The minimum Gasteiger partial charge on any atom is -0.346 e. The molecule has 0 atom stereocenters. The lowest BCUT2D eigenvalue weighted by Gasteiger charge is -2.03. The van der Waals surface area contributed by atoms with Crippen LogP contribution in [0.3, 0.4) is 0 Å². The summed E-state index contributed by atoms with van der Waals surface area (Å²) in [4.78, 5) is 3.21. The summed E-state index contributed by atoms with van der Waals surface area (Å²) in [7, 11) is 0. The normalized spacial score (nSPS) is 10.5. The van der Waals surface area contributed by atoms with Crippen LogP contribution in [0.4, 0.5) is 0 Å². The van der Waals surface area contributed by atoms with Gasteiger partial charge in [0, 0.05) is 24.2 Å². The Bertz CT molecular complexity index is 564. The summed E-state index contributed by atoms with van der Waals surface area (Å²) in [5.74, 6) is 0.996. The molecular weight excluding hydrogens is 198 g/mol. The zero-order valence-corrected chi connectivity index (χ0v) is 8.67. The molecule has 3 nitrogen and oxygen atoms in total. The van der Waals surface area contributed by atoms with Gasteiger partial charge in [0.15, 0.2) is 0 Å². The van der Waals surface area contributed by atoms with E-state index in [0.717, 1.165) is 11.4 Å². The molecule has 0 spiro atoms. The first-order chi connectivity index (χ1) is 7.95. The Morgan fingerprint density at radius 3 is 2.62 bits per heavy atom. The molecule has 0 saturated carbocycles. The summed E-state index contributed by atoms with van der Waals surface area (Å²) in [6.07, 6.45) is 5.63. The van der Waals surface area contributed by atoms with Crippen molar-refractivity contribution < 1.29 is 0 Å². The molecule has 0 unspecified atom stereocenters. The van der Waals surface area contributed by atoms with Crippen LogP contribution in [0.15, 0.2) is 61.1 Å². The van der Waals surface area contributed by atoms with Crippen molar-refractivity contribution in [2.75, 3.05) is 0 Å². The number of aromatic nitrogens is 3. The Balaban J connectivity index is 2.14. The van der Waals surface area contributed by atoms with Crippen LogP contribution < -0.4 is 0 Å². The molecule has 0 radical (unpaired) electrons. The fraction of sp³-hybridized carbons (Fsp3) is 0. The highest BCUT2D eigenvalue weighted by Gasteiger charge is 2.07. The maximum Gasteiger partial charge on any atom is 0.139 e. The second-order valence-electron chi connectivity index (χ2n) is 3.56. The van der Waals surface area contributed by atoms with Gasteiger partial charge in [0.1, 0.15) is 5.82 Å². The fourth-order valence-corrected chi connectivity index (χ4v) is 1.80. The van der Waals surface area contributed by atoms with Crippen molar-refractivity contribution in [3.8, 4) is 16.9 Å². The lowest BCUT2D eigenvalue weighted by Crippen LogP contribution is -1.96. The van der Waals surface area contributed by atoms with Gasteiger partial charge in [0.2, 0.25) is 0 Å². The number of benzene rings is 1. The van der Waals surface area contributed by atoms with Crippen molar-refractivity contribution in [3.63, 3.8) is 0 Å². The summed E-state index contributed by atoms with van der Waals surface area (Å²) in [5.41, 5.74) is 2.35. The first kappa shape index (κ1) is 8.97. The number of aromatic amines is 1. The molecule has 0 aliphatic heterocycles. The number of nitrogens with one attached hydrogen (secondary N) is 1. The van der Waals surface area contributed by atoms with E-state index in [4.69, 9.17) is 0 Å². The molecule has 3 heteroatoms. The van der Waals surface area contributed by atoms with E-state index in [1.807, 2.05) is 41.3 Å². The lowest BCUT2D eigenvalue weighted by atomic mass is 10.1. The SMILES string of the molecule is c1ccc(-c2cc[nH]c2-n2cccn2)cc1. The lowest BCUT2D eigenvalue weighted by molar-refractivity contribution is 0.856. The molecule has 0 aliphatic carbocycles. The Labute approximate surface area is 93.4 Å². The number of hydrogen-bond acceptors (Lipinski definition) is 1. The Kier molecular flexibility index (Phi) is 2.07. The maximum absolute atomic E-state index is 4.23. The highest BCUT2D eigenvalue weighted by Crippen LogP contribution is 2.24. The van der Waals surface area contributed by atoms with Gasteiger partial charge in [-0.05, 0) is 17.7 Å².